The molecular weight excluding hydrogens is 543 g/mol. The van der Waals surface area contributed by atoms with E-state index in [1.807, 2.05) is 0 Å². The summed E-state index contributed by atoms with van der Waals surface area (Å²) < 4.78 is 0. The first-order valence-corrected chi connectivity index (χ1v) is 16.6. The van der Waals surface area contributed by atoms with Crippen LogP contribution < -0.4 is 15.8 Å². The van der Waals surface area contributed by atoms with Gasteiger partial charge in [0.1, 0.15) is 0 Å². The van der Waals surface area contributed by atoms with Crippen molar-refractivity contribution in [2.75, 3.05) is 4.90 Å². The Hall–Kier alpha value is -4.76. The predicted octanol–water partition coefficient (Wildman–Crippen LogP) is 9.60. The number of nitrogens with zero attached hydrogens (tertiary/aromatic N) is 1. The second-order valence-corrected chi connectivity index (χ2v) is 13.8. The summed E-state index contributed by atoms with van der Waals surface area (Å²) >= 11 is 0. The quantitative estimate of drug-likeness (QED) is 0.205. The summed E-state index contributed by atoms with van der Waals surface area (Å²) in [6.45, 7) is 9.26. The maximum atomic E-state index is 3.90. The number of benzene rings is 6. The summed E-state index contributed by atoms with van der Waals surface area (Å²) in [7, 11) is 0.910. The van der Waals surface area contributed by atoms with Crippen LogP contribution in [0.5, 0.6) is 0 Å². The Kier molecular flexibility index (Phi) is 5.69. The average molecular weight is 581 g/mol. The molecule has 218 valence electrons. The van der Waals surface area contributed by atoms with E-state index in [1.54, 1.807) is 0 Å². The van der Waals surface area contributed by atoms with Crippen LogP contribution in [0.2, 0.25) is 0 Å². The number of aryl methyl sites for hydroxylation is 2. The molecule has 0 spiro atoms. The highest BCUT2D eigenvalue weighted by Gasteiger charge is 2.41. The summed E-state index contributed by atoms with van der Waals surface area (Å²) in [6, 6.07) is 39.3. The van der Waals surface area contributed by atoms with Gasteiger partial charge in [-0.1, -0.05) is 105 Å². The minimum absolute atomic E-state index is 0.0715. The molecule has 0 saturated carbocycles. The molecule has 0 bridgehead atoms. The van der Waals surface area contributed by atoms with E-state index in [-0.39, 0.29) is 5.41 Å². The zero-order chi connectivity index (χ0) is 30.4. The number of aromatic nitrogens is 1. The molecule has 0 saturated heterocycles. The molecule has 2 nitrogen and oxygen atoms in total. The van der Waals surface area contributed by atoms with E-state index in [1.165, 1.54) is 107 Å². The Labute approximate surface area is 266 Å². The summed E-state index contributed by atoms with van der Waals surface area (Å²) in [5.74, 6) is 0. The lowest BCUT2D eigenvalue weighted by atomic mass is 9.55. The van der Waals surface area contributed by atoms with Crippen molar-refractivity contribution in [1.29, 1.82) is 0 Å². The van der Waals surface area contributed by atoms with Gasteiger partial charge < -0.3 is 9.88 Å². The zero-order valence-corrected chi connectivity index (χ0v) is 26.6. The van der Waals surface area contributed by atoms with Gasteiger partial charge in [-0.15, -0.1) is 0 Å². The molecule has 0 fully saturated rings. The Morgan fingerprint density at radius 1 is 0.756 bits per heavy atom. The molecule has 1 N–H and O–H groups in total. The van der Waals surface area contributed by atoms with Crippen LogP contribution in [0.15, 0.2) is 103 Å². The third kappa shape index (κ3) is 3.77. The summed E-state index contributed by atoms with van der Waals surface area (Å²) in [4.78, 5) is 6.49. The number of anilines is 3. The summed E-state index contributed by atoms with van der Waals surface area (Å²) in [5, 5.41) is 5.27. The Morgan fingerprint density at radius 2 is 1.58 bits per heavy atom. The highest BCUT2D eigenvalue weighted by molar-refractivity contribution is 6.74. The first-order valence-electron chi connectivity index (χ1n) is 16.6. The van der Waals surface area contributed by atoms with Crippen molar-refractivity contribution in [2.45, 2.75) is 52.4 Å². The van der Waals surface area contributed by atoms with Gasteiger partial charge in [-0.05, 0) is 94.7 Å². The van der Waals surface area contributed by atoms with Gasteiger partial charge in [0.2, 0.25) is 0 Å². The fraction of sp³-hybridized carbons (Fsp3) is 0.190. The molecule has 9 rings (SSSR count). The molecule has 3 heteroatoms. The lowest BCUT2D eigenvalue weighted by Gasteiger charge is -2.46. The van der Waals surface area contributed by atoms with E-state index >= 15 is 0 Å². The standard InChI is InChI=1S/C42H37BN2/c1-5-6-12-26-22-30-29-21-25(2)19-20-35(29)44-40(30)31(23-26)38-28-14-8-7-13-27(28)24-37-39(38)43-34-17-11-16-33-41(34)45(37)36-18-10-9-15-32(36)42(33,3)4/h7-11,13-24,43-44H,5-6,12H2,1-4H3. The lowest BCUT2D eigenvalue weighted by molar-refractivity contribution is 0.632. The summed E-state index contributed by atoms with van der Waals surface area (Å²) in [6.07, 6.45) is 3.47. The molecule has 0 radical (unpaired) electrons. The van der Waals surface area contributed by atoms with Gasteiger partial charge in [-0.3, -0.25) is 0 Å². The first kappa shape index (κ1) is 26.6. The molecular formula is C42H37BN2. The van der Waals surface area contributed by atoms with Crippen molar-refractivity contribution in [3.8, 4) is 11.1 Å². The highest BCUT2D eigenvalue weighted by Crippen LogP contribution is 2.52. The van der Waals surface area contributed by atoms with Crippen molar-refractivity contribution in [3.63, 3.8) is 0 Å². The van der Waals surface area contributed by atoms with Crippen LogP contribution in [0, 0.1) is 6.92 Å². The van der Waals surface area contributed by atoms with Crippen LogP contribution in [0.1, 0.15) is 55.9 Å². The van der Waals surface area contributed by atoms with Crippen molar-refractivity contribution < 1.29 is 0 Å². The van der Waals surface area contributed by atoms with Crippen LogP contribution in [-0.4, -0.2) is 12.3 Å². The van der Waals surface area contributed by atoms with E-state index in [4.69, 9.17) is 0 Å². The molecule has 0 atom stereocenters. The van der Waals surface area contributed by atoms with Crippen molar-refractivity contribution >= 4 is 67.8 Å². The van der Waals surface area contributed by atoms with E-state index in [2.05, 4.69) is 141 Å². The van der Waals surface area contributed by atoms with E-state index in [9.17, 15) is 0 Å². The van der Waals surface area contributed by atoms with Gasteiger partial charge in [0.25, 0.3) is 0 Å². The van der Waals surface area contributed by atoms with E-state index < -0.39 is 0 Å². The van der Waals surface area contributed by atoms with Gasteiger partial charge in [-0.25, -0.2) is 0 Å². The normalized spacial score (nSPS) is 14.4. The lowest BCUT2D eigenvalue weighted by Crippen LogP contribution is -2.45. The highest BCUT2D eigenvalue weighted by atomic mass is 15.2. The van der Waals surface area contributed by atoms with Crippen LogP contribution in [0.3, 0.4) is 0 Å². The van der Waals surface area contributed by atoms with Crippen LogP contribution in [0.25, 0.3) is 43.7 Å². The number of hydrogen-bond acceptors (Lipinski definition) is 1. The zero-order valence-electron chi connectivity index (χ0n) is 26.6. The number of aromatic amines is 1. The van der Waals surface area contributed by atoms with E-state index in [0.29, 0.717) is 0 Å². The third-order valence-electron chi connectivity index (χ3n) is 10.6. The van der Waals surface area contributed by atoms with Crippen LogP contribution >= 0.6 is 0 Å². The van der Waals surface area contributed by atoms with Crippen molar-refractivity contribution in [3.05, 3.63) is 125 Å². The molecule has 2 aliphatic heterocycles. The number of para-hydroxylation sites is 2. The van der Waals surface area contributed by atoms with Crippen molar-refractivity contribution in [2.24, 2.45) is 0 Å². The predicted molar refractivity (Wildman–Crippen MR) is 195 cm³/mol. The number of fused-ring (bicyclic) bond motifs is 8. The monoisotopic (exact) mass is 580 g/mol. The molecule has 2 aliphatic rings. The molecule has 0 amide bonds. The van der Waals surface area contributed by atoms with Crippen molar-refractivity contribution in [1.82, 2.24) is 4.98 Å². The molecule has 3 heterocycles. The number of nitrogens with one attached hydrogen (secondary N) is 1. The average Bonchev–Trinajstić information content (AvgIpc) is 3.42. The van der Waals surface area contributed by atoms with Gasteiger partial charge >= 0.3 is 0 Å². The smallest absolute Gasteiger partial charge is 0.198 e. The molecule has 0 aliphatic carbocycles. The van der Waals surface area contributed by atoms with Crippen LogP contribution in [-0.2, 0) is 11.8 Å². The molecule has 7 aromatic rings. The minimum Gasteiger partial charge on any atom is -0.354 e. The number of H-pyrrole nitrogens is 1. The Morgan fingerprint density at radius 3 is 2.47 bits per heavy atom. The first-order chi connectivity index (χ1) is 21.9. The molecule has 1 aromatic heterocycles. The summed E-state index contributed by atoms with van der Waals surface area (Å²) in [5.41, 5.74) is 17.4. The maximum absolute atomic E-state index is 3.90. The maximum Gasteiger partial charge on any atom is 0.198 e. The van der Waals surface area contributed by atoms with Gasteiger partial charge in [0.15, 0.2) is 7.28 Å². The van der Waals surface area contributed by atoms with E-state index in [0.717, 1.165) is 13.7 Å². The fourth-order valence-electron chi connectivity index (χ4n) is 8.36. The van der Waals surface area contributed by atoms with Gasteiger partial charge in [0.05, 0.1) is 11.2 Å². The SMILES string of the molecule is CCCCc1cc(-c2c3c(cc4ccccc24)N2c4ccccc4C(C)(C)c4cccc(c42)B3)c2[nH]c3ccc(C)cc3c2c1. The molecule has 0 unspecified atom stereocenters. The largest absolute Gasteiger partial charge is 0.354 e. The second kappa shape index (κ2) is 9.62. The van der Waals surface area contributed by atoms with Crippen LogP contribution in [0.4, 0.5) is 17.1 Å². The number of unbranched alkanes of at least 4 members (excludes halogenated alkanes) is 1. The number of hydrogen-bond donors (Lipinski definition) is 1. The van der Waals surface area contributed by atoms with Gasteiger partial charge in [0, 0.05) is 38.6 Å². The fourth-order valence-corrected chi connectivity index (χ4v) is 8.36. The molecule has 45 heavy (non-hydrogen) atoms. The Bertz CT molecular complexity index is 2340. The Balaban J connectivity index is 1.41. The minimum atomic E-state index is -0.0715. The number of rotatable bonds is 4. The topological polar surface area (TPSA) is 19.0 Å². The third-order valence-corrected chi connectivity index (χ3v) is 10.6. The van der Waals surface area contributed by atoms with Gasteiger partial charge in [-0.2, -0.15) is 0 Å². The second-order valence-electron chi connectivity index (χ2n) is 13.8. The molecule has 6 aromatic carbocycles.